The van der Waals surface area contributed by atoms with Crippen LogP contribution in [0.15, 0.2) is 70.2 Å². The van der Waals surface area contributed by atoms with Gasteiger partial charge in [0, 0.05) is 27.8 Å². The van der Waals surface area contributed by atoms with Gasteiger partial charge in [-0.15, -0.1) is 0 Å². The van der Waals surface area contributed by atoms with E-state index in [0.717, 1.165) is 0 Å². The predicted octanol–water partition coefficient (Wildman–Crippen LogP) is 4.77. The Bertz CT molecular complexity index is 1030. The Kier molecular flexibility index (Phi) is 5.22. The van der Waals surface area contributed by atoms with Gasteiger partial charge in [-0.25, -0.2) is 0 Å². The lowest BCUT2D eigenvalue weighted by molar-refractivity contribution is 0.0984. The minimum atomic E-state index is -0.396. The van der Waals surface area contributed by atoms with Crippen LogP contribution >= 0.6 is 23.2 Å². The summed E-state index contributed by atoms with van der Waals surface area (Å²) in [5.74, 6) is -0.915. The quantitative estimate of drug-likeness (QED) is 0.640. The Balaban J connectivity index is 0.000000156. The van der Waals surface area contributed by atoms with Gasteiger partial charge >= 0.3 is 0 Å². The molecule has 0 saturated heterocycles. The number of carbonyl (C=O) groups excluding carboxylic acids is 4. The normalized spacial score (nSPS) is 15.6. The van der Waals surface area contributed by atoms with Crippen LogP contribution in [0.2, 0.25) is 0 Å². The maximum absolute atomic E-state index is 11.5. The van der Waals surface area contributed by atoms with E-state index >= 15 is 0 Å². The highest BCUT2D eigenvalue weighted by molar-refractivity contribution is 6.59. The van der Waals surface area contributed by atoms with E-state index in [0.29, 0.717) is 27.8 Å². The third-order valence-electron chi connectivity index (χ3n) is 4.15. The standard InChI is InChI=1S/C11H8O2.C10H4Cl2O2/c1-7-6-10(12)8-4-2-3-5-9(8)11(7)13;11-7-8(12)10(14)6-4-2-1-3-5(6)9(7)13/h2-6H,1H3;1-4H. The highest BCUT2D eigenvalue weighted by atomic mass is 35.5. The van der Waals surface area contributed by atoms with Crippen LogP contribution in [0.1, 0.15) is 48.4 Å². The molecule has 0 N–H and O–H groups in total. The molecule has 2 aliphatic rings. The Morgan fingerprint density at radius 1 is 0.593 bits per heavy atom. The van der Waals surface area contributed by atoms with E-state index in [4.69, 9.17) is 23.2 Å². The minimum Gasteiger partial charge on any atom is -0.289 e. The largest absolute Gasteiger partial charge is 0.289 e. The van der Waals surface area contributed by atoms with Gasteiger partial charge in [-0.3, -0.25) is 19.2 Å². The predicted molar refractivity (Wildman–Crippen MR) is 103 cm³/mol. The molecule has 0 saturated carbocycles. The van der Waals surface area contributed by atoms with Gasteiger partial charge in [-0.1, -0.05) is 71.7 Å². The first kappa shape index (κ1) is 19.0. The van der Waals surface area contributed by atoms with Crippen molar-refractivity contribution in [3.05, 3.63) is 92.5 Å². The second-order valence-electron chi connectivity index (χ2n) is 5.90. The molecule has 0 aliphatic heterocycles. The van der Waals surface area contributed by atoms with Gasteiger partial charge in [0.1, 0.15) is 10.1 Å². The van der Waals surface area contributed by atoms with Crippen LogP contribution in [0.5, 0.6) is 0 Å². The molecule has 4 nitrogen and oxygen atoms in total. The van der Waals surface area contributed by atoms with Gasteiger partial charge in [-0.2, -0.15) is 0 Å². The van der Waals surface area contributed by atoms with Crippen LogP contribution in [-0.4, -0.2) is 23.1 Å². The number of rotatable bonds is 0. The smallest absolute Gasteiger partial charge is 0.206 e. The maximum atomic E-state index is 11.5. The zero-order valence-electron chi connectivity index (χ0n) is 14.1. The average Bonchev–Trinajstić information content (AvgIpc) is 2.69. The molecule has 2 aromatic rings. The number of allylic oxidation sites excluding steroid dienone is 4. The summed E-state index contributed by atoms with van der Waals surface area (Å²) in [6.07, 6.45) is 1.39. The monoisotopic (exact) mass is 398 g/mol. The van der Waals surface area contributed by atoms with Crippen molar-refractivity contribution in [1.82, 2.24) is 0 Å². The van der Waals surface area contributed by atoms with E-state index < -0.39 is 11.6 Å². The maximum Gasteiger partial charge on any atom is 0.206 e. The molecule has 27 heavy (non-hydrogen) atoms. The lowest BCUT2D eigenvalue weighted by Gasteiger charge is -2.12. The zero-order chi connectivity index (χ0) is 19.7. The Morgan fingerprint density at radius 3 is 1.41 bits per heavy atom. The third kappa shape index (κ3) is 3.42. The van der Waals surface area contributed by atoms with Crippen molar-refractivity contribution in [1.29, 1.82) is 0 Å². The van der Waals surface area contributed by atoms with Crippen molar-refractivity contribution in [2.24, 2.45) is 0 Å². The van der Waals surface area contributed by atoms with E-state index in [1.54, 1.807) is 55.5 Å². The van der Waals surface area contributed by atoms with Crippen LogP contribution in [0.25, 0.3) is 0 Å². The van der Waals surface area contributed by atoms with E-state index in [2.05, 4.69) is 0 Å². The molecule has 2 aromatic carbocycles. The van der Waals surface area contributed by atoms with Gasteiger partial charge in [0.25, 0.3) is 0 Å². The van der Waals surface area contributed by atoms with Gasteiger partial charge in [0.15, 0.2) is 11.6 Å². The molecule has 0 unspecified atom stereocenters. The number of hydrogen-bond donors (Lipinski definition) is 0. The zero-order valence-corrected chi connectivity index (χ0v) is 15.6. The molecule has 0 amide bonds. The van der Waals surface area contributed by atoms with Crippen molar-refractivity contribution in [3.8, 4) is 0 Å². The summed E-state index contributed by atoms with van der Waals surface area (Å²) < 4.78 is 0. The van der Waals surface area contributed by atoms with E-state index in [-0.39, 0.29) is 21.6 Å². The molecule has 0 spiro atoms. The Hall–Kier alpha value is -2.82. The van der Waals surface area contributed by atoms with Crippen LogP contribution in [0.3, 0.4) is 0 Å². The fourth-order valence-electron chi connectivity index (χ4n) is 2.76. The summed E-state index contributed by atoms with van der Waals surface area (Å²) in [6, 6.07) is 13.4. The first-order valence-electron chi connectivity index (χ1n) is 7.93. The molecule has 0 aromatic heterocycles. The number of fused-ring (bicyclic) bond motifs is 2. The molecule has 4 rings (SSSR count). The SMILES string of the molecule is CC1=CC(=O)c2ccccc2C1=O.O=C1C(Cl)=C(Cl)C(=O)c2ccccc21. The second kappa shape index (κ2) is 7.43. The fourth-order valence-corrected chi connectivity index (χ4v) is 3.14. The van der Waals surface area contributed by atoms with E-state index in [1.807, 2.05) is 0 Å². The molecular formula is C21H12Cl2O4. The molecule has 2 aliphatic carbocycles. The Labute approximate surface area is 165 Å². The number of ketones is 4. The first-order chi connectivity index (χ1) is 12.8. The molecule has 0 atom stereocenters. The lowest BCUT2D eigenvalue weighted by Crippen LogP contribution is -2.17. The number of hydrogen-bond acceptors (Lipinski definition) is 4. The van der Waals surface area contributed by atoms with E-state index in [1.165, 1.54) is 6.08 Å². The second-order valence-corrected chi connectivity index (χ2v) is 6.65. The minimum absolute atomic E-state index is 0.0461. The van der Waals surface area contributed by atoms with Gasteiger partial charge in [-0.05, 0) is 13.0 Å². The Morgan fingerprint density at radius 2 is 0.963 bits per heavy atom. The van der Waals surface area contributed by atoms with Gasteiger partial charge < -0.3 is 0 Å². The molecular weight excluding hydrogens is 387 g/mol. The molecule has 0 fully saturated rings. The molecule has 6 heteroatoms. The van der Waals surface area contributed by atoms with Crippen LogP contribution in [0, 0.1) is 0 Å². The number of benzene rings is 2. The third-order valence-corrected chi connectivity index (χ3v) is 4.97. The van der Waals surface area contributed by atoms with Crippen LogP contribution in [0.4, 0.5) is 0 Å². The summed E-state index contributed by atoms with van der Waals surface area (Å²) in [7, 11) is 0. The first-order valence-corrected chi connectivity index (χ1v) is 8.68. The highest BCUT2D eigenvalue weighted by Crippen LogP contribution is 2.30. The molecule has 0 heterocycles. The summed E-state index contributed by atoms with van der Waals surface area (Å²) >= 11 is 11.2. The van der Waals surface area contributed by atoms with Crippen molar-refractivity contribution < 1.29 is 19.2 Å². The number of Topliss-reactive ketones (excluding diaryl/α,β-unsaturated/α-hetero) is 3. The summed E-state index contributed by atoms with van der Waals surface area (Å²) in [5.41, 5.74) is 2.17. The highest BCUT2D eigenvalue weighted by Gasteiger charge is 2.29. The summed E-state index contributed by atoms with van der Waals surface area (Å²) in [5, 5.41) is -0.397. The van der Waals surface area contributed by atoms with Gasteiger partial charge in [0.05, 0.1) is 0 Å². The topological polar surface area (TPSA) is 68.3 Å². The van der Waals surface area contributed by atoms with Gasteiger partial charge in [0.2, 0.25) is 11.6 Å². The van der Waals surface area contributed by atoms with Crippen molar-refractivity contribution >= 4 is 46.3 Å². The van der Waals surface area contributed by atoms with E-state index in [9.17, 15) is 19.2 Å². The van der Waals surface area contributed by atoms with Crippen molar-refractivity contribution in [2.45, 2.75) is 6.92 Å². The summed E-state index contributed by atoms with van der Waals surface area (Å²) in [6.45, 7) is 1.66. The van der Waals surface area contributed by atoms with Crippen molar-refractivity contribution in [2.75, 3.05) is 0 Å². The number of carbonyl (C=O) groups is 4. The molecule has 134 valence electrons. The van der Waals surface area contributed by atoms with Crippen molar-refractivity contribution in [3.63, 3.8) is 0 Å². The lowest BCUT2D eigenvalue weighted by atomic mass is 9.90. The molecule has 0 bridgehead atoms. The fraction of sp³-hybridized carbons (Fsp3) is 0.0476. The molecule has 0 radical (unpaired) electrons. The number of halogens is 2. The van der Waals surface area contributed by atoms with Crippen LogP contribution in [-0.2, 0) is 0 Å². The van der Waals surface area contributed by atoms with Crippen LogP contribution < -0.4 is 0 Å². The summed E-state index contributed by atoms with van der Waals surface area (Å²) in [4.78, 5) is 46.0. The average molecular weight is 399 g/mol.